The maximum Gasteiger partial charge on any atom is 0.293 e. The number of sulfonamides is 1. The monoisotopic (exact) mass is 1100 g/mol. The maximum atomic E-state index is 14.8. The van der Waals surface area contributed by atoms with Crippen molar-refractivity contribution in [3.8, 4) is 5.88 Å². The summed E-state index contributed by atoms with van der Waals surface area (Å²) >= 11 is 0. The molecule has 79 heavy (non-hydrogen) atoms. The van der Waals surface area contributed by atoms with E-state index in [2.05, 4.69) is 67.8 Å². The average Bonchev–Trinajstić information content (AvgIpc) is 4.04. The van der Waals surface area contributed by atoms with Gasteiger partial charge in [0, 0.05) is 93.3 Å². The van der Waals surface area contributed by atoms with Crippen molar-refractivity contribution in [2.24, 2.45) is 11.3 Å². The molecule has 6 heterocycles. The molecular formula is C59H67F2N9O8S. The molecule has 4 aliphatic heterocycles. The molecule has 2 saturated carbocycles. The van der Waals surface area contributed by atoms with E-state index in [1.807, 2.05) is 36.1 Å². The van der Waals surface area contributed by atoms with E-state index in [1.54, 1.807) is 18.3 Å². The quantitative estimate of drug-likeness (QED) is 0.0594. The third kappa shape index (κ3) is 10.4. The molecule has 6 aromatic rings. The molecule has 3 saturated heterocycles. The number of piperazine rings is 1. The molecule has 4 N–H and O–H groups in total. The first-order valence-electron chi connectivity index (χ1n) is 27.6. The van der Waals surface area contributed by atoms with Crippen molar-refractivity contribution in [1.82, 2.24) is 24.5 Å². The van der Waals surface area contributed by atoms with Crippen molar-refractivity contribution in [2.75, 3.05) is 67.6 Å². The number of nitrogens with zero attached hydrogens (tertiary/aromatic N) is 6. The number of hydrogen-bond acceptors (Lipinski definition) is 14. The topological polar surface area (TPSA) is 199 Å². The van der Waals surface area contributed by atoms with Gasteiger partial charge < -0.3 is 34.7 Å². The minimum Gasteiger partial charge on any atom is -0.468 e. The molecule has 20 heteroatoms. The zero-order chi connectivity index (χ0) is 55.0. The van der Waals surface area contributed by atoms with Crippen molar-refractivity contribution < 1.29 is 41.5 Å². The zero-order valence-electron chi connectivity index (χ0n) is 44.7. The van der Waals surface area contributed by atoms with Gasteiger partial charge in [0.2, 0.25) is 5.88 Å². The largest absolute Gasteiger partial charge is 0.468 e. The summed E-state index contributed by atoms with van der Waals surface area (Å²) in [6.07, 6.45) is 6.59. The number of nitro groups is 1. The fourth-order valence-corrected chi connectivity index (χ4v) is 14.3. The Balaban J connectivity index is 0.811. The zero-order valence-corrected chi connectivity index (χ0v) is 45.5. The van der Waals surface area contributed by atoms with E-state index in [9.17, 15) is 37.2 Å². The number of fused-ring (bicyclic) bond motifs is 3. The standard InChI is InChI=1S/C59H67F2N9O8S/c1-36(2)43-6-4-5-7-44(43)53-32-66(31-38-8-12-46(60)47(61)24-38)21-22-68(53)41-28-59(29-41)34-67(35-59)40-9-11-45(50(26-40)69-49-17-23-77-33-54(49)78-57-52(69)25-39-16-20-62-55(39)64-57)56(71)65-79(75,76)42-10-13-48(51(27-42)70(73)74)63-30-37-14-18-58(3,72)19-15-37/h4-13,16,20,24-27,36-37,41,49,53-54,63,72H,14-15,17-19,21-23,28-35H2,1-3H3,(H,62,64)(H,65,71)/t37?,49-,53-,54-,58?/m0/s1. The summed E-state index contributed by atoms with van der Waals surface area (Å²) in [5.41, 5.74) is 5.03. The number of carbonyl (C=O) groups excluding carboxylic acids is 1. The van der Waals surface area contributed by atoms with Crippen molar-refractivity contribution in [2.45, 2.75) is 113 Å². The Morgan fingerprint density at radius 3 is 2.53 bits per heavy atom. The maximum absolute atomic E-state index is 14.8. The normalized spacial score (nSPS) is 24.3. The van der Waals surface area contributed by atoms with Gasteiger partial charge in [0.05, 0.1) is 39.3 Å². The number of rotatable bonds is 14. The first kappa shape index (κ1) is 53.0. The summed E-state index contributed by atoms with van der Waals surface area (Å²) in [6, 6.07) is 25.9. The number of H-pyrrole nitrogens is 1. The van der Waals surface area contributed by atoms with Gasteiger partial charge in [0.25, 0.3) is 21.6 Å². The van der Waals surface area contributed by atoms with Gasteiger partial charge in [-0.2, -0.15) is 4.98 Å². The van der Waals surface area contributed by atoms with Gasteiger partial charge in [-0.25, -0.2) is 21.9 Å². The third-order valence-corrected chi connectivity index (χ3v) is 19.0. The Hall–Kier alpha value is -6.71. The molecule has 4 aromatic carbocycles. The van der Waals surface area contributed by atoms with Crippen LogP contribution in [0.5, 0.6) is 5.88 Å². The molecule has 5 fully saturated rings. The molecule has 3 atom stereocenters. The van der Waals surface area contributed by atoms with Gasteiger partial charge in [0.15, 0.2) is 11.6 Å². The number of nitro benzene ring substituents is 1. The molecule has 6 aliphatic rings. The van der Waals surface area contributed by atoms with Crippen LogP contribution in [-0.2, 0) is 21.3 Å². The second-order valence-corrected chi connectivity index (χ2v) is 25.2. The van der Waals surface area contributed by atoms with Crippen LogP contribution in [0.15, 0.2) is 102 Å². The number of aromatic amines is 1. The SMILES string of the molecule is CC(C)c1ccccc1[C@@H]1CN(Cc2ccc(F)c(F)c2)CCN1C1CC2(C1)CN(c1ccc(C(=O)NS(=O)(=O)c3ccc(NCC4CCC(C)(O)CC4)c([N+](=O)[O-])c3)c(N3c4cc5cc[nH]c5nc4O[C@H]4COCC[C@@H]43)c1)C2. The van der Waals surface area contributed by atoms with Crippen LogP contribution in [0.4, 0.5) is 37.2 Å². The molecule has 12 rings (SSSR count). The van der Waals surface area contributed by atoms with E-state index in [-0.39, 0.29) is 41.3 Å². The predicted molar refractivity (Wildman–Crippen MR) is 296 cm³/mol. The highest BCUT2D eigenvalue weighted by atomic mass is 32.2. The Bertz CT molecular complexity index is 3430. The van der Waals surface area contributed by atoms with Crippen LogP contribution in [0.2, 0.25) is 0 Å². The summed E-state index contributed by atoms with van der Waals surface area (Å²) in [5, 5.41) is 26.8. The third-order valence-electron chi connectivity index (χ3n) is 17.7. The number of ether oxygens (including phenoxy) is 2. The molecule has 2 aromatic heterocycles. The van der Waals surface area contributed by atoms with Crippen molar-refractivity contribution in [3.63, 3.8) is 0 Å². The molecule has 17 nitrogen and oxygen atoms in total. The fourth-order valence-electron chi connectivity index (χ4n) is 13.4. The van der Waals surface area contributed by atoms with Crippen LogP contribution in [0.1, 0.15) is 105 Å². The molecule has 2 aliphatic carbocycles. The van der Waals surface area contributed by atoms with Crippen molar-refractivity contribution in [3.05, 3.63) is 141 Å². The Morgan fingerprint density at radius 2 is 1.76 bits per heavy atom. The predicted octanol–water partition coefficient (Wildman–Crippen LogP) is 9.56. The van der Waals surface area contributed by atoms with Gasteiger partial charge in [0.1, 0.15) is 23.1 Å². The van der Waals surface area contributed by atoms with Gasteiger partial charge in [-0.3, -0.25) is 24.7 Å². The van der Waals surface area contributed by atoms with E-state index in [1.165, 1.54) is 35.4 Å². The molecular weight excluding hydrogens is 1030 g/mol. The number of hydrogen-bond donors (Lipinski definition) is 4. The number of carbonyl (C=O) groups is 1. The van der Waals surface area contributed by atoms with Crippen molar-refractivity contribution in [1.29, 1.82) is 0 Å². The first-order chi connectivity index (χ1) is 37.9. The number of aromatic nitrogens is 2. The lowest BCUT2D eigenvalue weighted by Crippen LogP contribution is -2.68. The van der Waals surface area contributed by atoms with E-state index in [0.29, 0.717) is 73.8 Å². The van der Waals surface area contributed by atoms with Gasteiger partial charge in [-0.15, -0.1) is 0 Å². The summed E-state index contributed by atoms with van der Waals surface area (Å²) in [7, 11) is -4.66. The molecule has 0 radical (unpaired) electrons. The molecule has 0 bridgehead atoms. The Morgan fingerprint density at radius 1 is 0.962 bits per heavy atom. The van der Waals surface area contributed by atoms with Crippen LogP contribution >= 0.6 is 0 Å². The molecule has 0 unspecified atom stereocenters. The number of anilines is 4. The molecule has 416 valence electrons. The van der Waals surface area contributed by atoms with Crippen LogP contribution < -0.4 is 24.6 Å². The summed E-state index contributed by atoms with van der Waals surface area (Å²) in [4.78, 5) is 43.5. The van der Waals surface area contributed by atoms with Crippen molar-refractivity contribution >= 4 is 55.4 Å². The number of amides is 1. The smallest absolute Gasteiger partial charge is 0.293 e. The number of pyridine rings is 1. The van der Waals surface area contributed by atoms with Gasteiger partial charge in [-0.05, 0) is 135 Å². The second kappa shape index (κ2) is 20.7. The van der Waals surface area contributed by atoms with E-state index in [0.717, 1.165) is 81.1 Å². The highest BCUT2D eigenvalue weighted by molar-refractivity contribution is 7.90. The minimum absolute atomic E-state index is 0.0621. The van der Waals surface area contributed by atoms with Crippen LogP contribution in [0, 0.1) is 33.1 Å². The molecule has 1 amide bonds. The summed E-state index contributed by atoms with van der Waals surface area (Å²) in [5.74, 6) is -1.76. The van der Waals surface area contributed by atoms with Gasteiger partial charge >= 0.3 is 0 Å². The summed E-state index contributed by atoms with van der Waals surface area (Å²) < 4.78 is 71.4. The average molecular weight is 1100 g/mol. The molecule has 1 spiro atoms. The number of nitrogens with one attached hydrogen (secondary N) is 3. The van der Waals surface area contributed by atoms with E-state index in [4.69, 9.17) is 14.5 Å². The fraction of sp³-hybridized carbons (Fsp3) is 0.458. The van der Waals surface area contributed by atoms with Crippen LogP contribution in [-0.4, -0.2) is 120 Å². The highest BCUT2D eigenvalue weighted by Gasteiger charge is 2.55. The summed E-state index contributed by atoms with van der Waals surface area (Å²) in [6.45, 7) is 11.8. The van der Waals surface area contributed by atoms with Gasteiger partial charge in [-0.1, -0.05) is 44.2 Å². The van der Waals surface area contributed by atoms with Crippen LogP contribution in [0.25, 0.3) is 11.0 Å². The minimum atomic E-state index is -4.66. The number of halogens is 2. The second-order valence-electron chi connectivity index (χ2n) is 23.5. The Labute approximate surface area is 458 Å². The lowest BCUT2D eigenvalue weighted by atomic mass is 9.59. The van der Waals surface area contributed by atoms with Crippen LogP contribution in [0.3, 0.4) is 0 Å². The highest BCUT2D eigenvalue weighted by Crippen LogP contribution is 2.54. The number of benzene rings is 4. The first-order valence-corrected chi connectivity index (χ1v) is 29.1. The number of aliphatic hydroxyl groups is 1. The Kier molecular flexibility index (Phi) is 13.9. The van der Waals surface area contributed by atoms with E-state index < -0.39 is 54.8 Å². The van der Waals surface area contributed by atoms with E-state index >= 15 is 0 Å². The lowest BCUT2D eigenvalue weighted by Gasteiger charge is -2.63. The lowest BCUT2D eigenvalue weighted by molar-refractivity contribution is -0.384.